The van der Waals surface area contributed by atoms with E-state index in [-0.39, 0.29) is 24.5 Å². The van der Waals surface area contributed by atoms with E-state index in [9.17, 15) is 9.59 Å². The van der Waals surface area contributed by atoms with Crippen molar-refractivity contribution in [2.75, 3.05) is 26.7 Å². The number of imide groups is 1. The SMILES string of the molecule is C[C@H](c1cc2ccccc2o1)N(C)CC(=O)N1CCNC1=O. The average molecular weight is 301 g/mol. The molecule has 0 saturated carbocycles. The van der Waals surface area contributed by atoms with Crippen molar-refractivity contribution >= 4 is 22.9 Å². The third-order valence-electron chi connectivity index (χ3n) is 4.06. The van der Waals surface area contributed by atoms with Crippen molar-refractivity contribution in [3.05, 3.63) is 36.1 Å². The molecule has 0 unspecified atom stereocenters. The van der Waals surface area contributed by atoms with Crippen molar-refractivity contribution in [1.82, 2.24) is 15.1 Å². The molecule has 3 amide bonds. The van der Waals surface area contributed by atoms with Crippen LogP contribution >= 0.6 is 0 Å². The van der Waals surface area contributed by atoms with Gasteiger partial charge in [-0.25, -0.2) is 4.79 Å². The predicted molar refractivity (Wildman–Crippen MR) is 82.4 cm³/mol. The number of fused-ring (bicyclic) bond motifs is 1. The summed E-state index contributed by atoms with van der Waals surface area (Å²) in [4.78, 5) is 26.8. The first-order chi connectivity index (χ1) is 10.6. The third kappa shape index (κ3) is 2.69. The van der Waals surface area contributed by atoms with Crippen molar-refractivity contribution in [3.63, 3.8) is 0 Å². The lowest BCUT2D eigenvalue weighted by molar-refractivity contribution is -0.129. The highest BCUT2D eigenvalue weighted by Crippen LogP contribution is 2.26. The molecule has 1 fully saturated rings. The summed E-state index contributed by atoms with van der Waals surface area (Å²) in [5.74, 6) is 0.614. The largest absolute Gasteiger partial charge is 0.459 e. The topological polar surface area (TPSA) is 65.8 Å². The standard InChI is InChI=1S/C16H19N3O3/c1-11(14-9-12-5-3-4-6-13(12)22-14)18(2)10-15(20)19-8-7-17-16(19)21/h3-6,9,11H,7-8,10H2,1-2H3,(H,17,21)/t11-/m1/s1. The van der Waals surface area contributed by atoms with E-state index in [0.717, 1.165) is 16.7 Å². The predicted octanol–water partition coefficient (Wildman–Crippen LogP) is 1.98. The number of rotatable bonds is 4. The Hall–Kier alpha value is -2.34. The summed E-state index contributed by atoms with van der Waals surface area (Å²) in [6.07, 6.45) is 0. The van der Waals surface area contributed by atoms with Crippen molar-refractivity contribution in [2.24, 2.45) is 0 Å². The van der Waals surface area contributed by atoms with Crippen LogP contribution in [0.25, 0.3) is 11.0 Å². The number of para-hydroxylation sites is 1. The maximum Gasteiger partial charge on any atom is 0.324 e. The molecule has 116 valence electrons. The number of furan rings is 1. The molecule has 6 heteroatoms. The highest BCUT2D eigenvalue weighted by atomic mass is 16.3. The molecule has 1 aromatic carbocycles. The summed E-state index contributed by atoms with van der Waals surface area (Å²) in [7, 11) is 1.85. The fourth-order valence-corrected chi connectivity index (χ4v) is 2.57. The first kappa shape index (κ1) is 14.6. The quantitative estimate of drug-likeness (QED) is 0.937. The molecule has 6 nitrogen and oxygen atoms in total. The molecular formula is C16H19N3O3. The monoisotopic (exact) mass is 301 g/mol. The smallest absolute Gasteiger partial charge is 0.324 e. The minimum atomic E-state index is -0.310. The summed E-state index contributed by atoms with van der Waals surface area (Å²) in [6, 6.07) is 9.44. The van der Waals surface area contributed by atoms with E-state index in [1.807, 2.05) is 49.2 Å². The Balaban J connectivity index is 1.69. The molecule has 0 radical (unpaired) electrons. The van der Waals surface area contributed by atoms with Crippen LogP contribution in [0, 0.1) is 0 Å². The first-order valence-electron chi connectivity index (χ1n) is 7.33. The summed E-state index contributed by atoms with van der Waals surface area (Å²) in [5.41, 5.74) is 0.836. The third-order valence-corrected chi connectivity index (χ3v) is 4.06. The molecule has 1 aromatic heterocycles. The highest BCUT2D eigenvalue weighted by molar-refractivity contribution is 5.96. The molecule has 1 atom stereocenters. The molecule has 2 aromatic rings. The number of amides is 3. The van der Waals surface area contributed by atoms with Gasteiger partial charge in [-0.05, 0) is 26.1 Å². The number of likely N-dealkylation sites (N-methyl/N-ethyl adjacent to an activating group) is 1. The van der Waals surface area contributed by atoms with E-state index in [4.69, 9.17) is 4.42 Å². The number of hydrogen-bond donors (Lipinski definition) is 1. The first-order valence-corrected chi connectivity index (χ1v) is 7.33. The van der Waals surface area contributed by atoms with Gasteiger partial charge in [-0.1, -0.05) is 18.2 Å². The molecule has 3 rings (SSSR count). The van der Waals surface area contributed by atoms with Gasteiger partial charge in [-0.3, -0.25) is 14.6 Å². The molecule has 0 bridgehead atoms. The van der Waals surface area contributed by atoms with Crippen LogP contribution in [0.15, 0.2) is 34.7 Å². The van der Waals surface area contributed by atoms with Crippen molar-refractivity contribution in [3.8, 4) is 0 Å². The van der Waals surface area contributed by atoms with Crippen LogP contribution in [0.3, 0.4) is 0 Å². The molecule has 2 heterocycles. The second kappa shape index (κ2) is 5.81. The Morgan fingerprint density at radius 1 is 1.45 bits per heavy atom. The van der Waals surface area contributed by atoms with Crippen LogP contribution < -0.4 is 5.32 Å². The van der Waals surface area contributed by atoms with Crippen molar-refractivity contribution < 1.29 is 14.0 Å². The minimum absolute atomic E-state index is 0.0537. The second-order valence-electron chi connectivity index (χ2n) is 5.55. The summed E-state index contributed by atoms with van der Waals surface area (Å²) in [6.45, 7) is 3.11. The molecular weight excluding hydrogens is 282 g/mol. The van der Waals surface area contributed by atoms with Crippen LogP contribution in [0.5, 0.6) is 0 Å². The van der Waals surface area contributed by atoms with E-state index in [1.54, 1.807) is 0 Å². The van der Waals surface area contributed by atoms with Gasteiger partial charge >= 0.3 is 6.03 Å². The number of hydrogen-bond acceptors (Lipinski definition) is 4. The van der Waals surface area contributed by atoms with Crippen LogP contribution in [0.2, 0.25) is 0 Å². The number of nitrogens with one attached hydrogen (secondary N) is 1. The van der Waals surface area contributed by atoms with Gasteiger partial charge in [0.2, 0.25) is 5.91 Å². The van der Waals surface area contributed by atoms with Crippen molar-refractivity contribution in [1.29, 1.82) is 0 Å². The van der Waals surface area contributed by atoms with E-state index >= 15 is 0 Å². The zero-order chi connectivity index (χ0) is 15.7. The molecule has 1 aliphatic rings. The van der Waals surface area contributed by atoms with Gasteiger partial charge in [0.25, 0.3) is 0 Å². The number of carbonyl (C=O) groups is 2. The van der Waals surface area contributed by atoms with E-state index in [1.165, 1.54) is 4.90 Å². The molecule has 0 spiro atoms. The summed E-state index contributed by atoms with van der Waals surface area (Å²) in [5, 5.41) is 3.68. The van der Waals surface area contributed by atoms with E-state index in [2.05, 4.69) is 5.32 Å². The number of urea groups is 1. The van der Waals surface area contributed by atoms with Gasteiger partial charge in [-0.15, -0.1) is 0 Å². The normalized spacial score (nSPS) is 16.3. The van der Waals surface area contributed by atoms with Gasteiger partial charge in [0.15, 0.2) is 0 Å². The lowest BCUT2D eigenvalue weighted by atomic mass is 10.2. The molecule has 1 N–H and O–H groups in total. The van der Waals surface area contributed by atoms with Crippen LogP contribution in [0.4, 0.5) is 4.79 Å². The summed E-state index contributed by atoms with van der Waals surface area (Å²) >= 11 is 0. The van der Waals surface area contributed by atoms with Gasteiger partial charge in [0.05, 0.1) is 12.6 Å². The Labute approximate surface area is 128 Å². The molecule has 0 aliphatic carbocycles. The highest BCUT2D eigenvalue weighted by Gasteiger charge is 2.28. The Kier molecular flexibility index (Phi) is 3.85. The van der Waals surface area contributed by atoms with Gasteiger partial charge < -0.3 is 9.73 Å². The zero-order valence-corrected chi connectivity index (χ0v) is 12.7. The molecule has 1 saturated heterocycles. The van der Waals surface area contributed by atoms with Gasteiger partial charge in [-0.2, -0.15) is 0 Å². The zero-order valence-electron chi connectivity index (χ0n) is 12.7. The van der Waals surface area contributed by atoms with Crippen molar-refractivity contribution in [2.45, 2.75) is 13.0 Å². The van der Waals surface area contributed by atoms with Gasteiger partial charge in [0.1, 0.15) is 11.3 Å². The maximum atomic E-state index is 12.2. The molecule has 22 heavy (non-hydrogen) atoms. The second-order valence-corrected chi connectivity index (χ2v) is 5.55. The average Bonchev–Trinajstić information content (AvgIpc) is 3.11. The lowest BCUT2D eigenvalue weighted by Gasteiger charge is -2.24. The number of carbonyl (C=O) groups excluding carboxylic acids is 2. The summed E-state index contributed by atoms with van der Waals surface area (Å²) < 4.78 is 5.83. The van der Waals surface area contributed by atoms with E-state index in [0.29, 0.717) is 13.1 Å². The van der Waals surface area contributed by atoms with Crippen LogP contribution in [-0.4, -0.2) is 48.4 Å². The number of nitrogens with zero attached hydrogens (tertiary/aromatic N) is 2. The fourth-order valence-electron chi connectivity index (χ4n) is 2.57. The Morgan fingerprint density at radius 2 is 2.23 bits per heavy atom. The maximum absolute atomic E-state index is 12.2. The van der Waals surface area contributed by atoms with E-state index < -0.39 is 0 Å². The lowest BCUT2D eigenvalue weighted by Crippen LogP contribution is -2.41. The minimum Gasteiger partial charge on any atom is -0.459 e. The fraction of sp³-hybridized carbons (Fsp3) is 0.375. The number of benzene rings is 1. The van der Waals surface area contributed by atoms with Crippen LogP contribution in [-0.2, 0) is 4.79 Å². The van der Waals surface area contributed by atoms with Crippen LogP contribution in [0.1, 0.15) is 18.7 Å². The van der Waals surface area contributed by atoms with Gasteiger partial charge in [0, 0.05) is 18.5 Å². The Bertz CT molecular complexity index is 676. The molecule has 1 aliphatic heterocycles. The Morgan fingerprint density at radius 3 is 2.91 bits per heavy atom.